The van der Waals surface area contributed by atoms with Crippen LogP contribution < -0.4 is 5.73 Å². The zero-order valence-corrected chi connectivity index (χ0v) is 6.77. The van der Waals surface area contributed by atoms with Crippen molar-refractivity contribution < 1.29 is 9.72 Å². The quantitative estimate of drug-likeness (QED) is 0.544. The third-order valence-corrected chi connectivity index (χ3v) is 1.52. The van der Waals surface area contributed by atoms with E-state index in [1.54, 1.807) is 12.1 Å². The van der Waals surface area contributed by atoms with E-state index in [2.05, 4.69) is 0 Å². The number of primary amides is 1. The monoisotopic (exact) mass is 180 g/mol. The van der Waals surface area contributed by atoms with Crippen LogP contribution in [0.5, 0.6) is 0 Å². The van der Waals surface area contributed by atoms with E-state index in [-0.39, 0.29) is 6.54 Å². The number of nitrogens with two attached hydrogens (primary N) is 1. The lowest BCUT2D eigenvalue weighted by molar-refractivity contribution is -0.496. The first-order valence-corrected chi connectivity index (χ1v) is 3.60. The predicted molar refractivity (Wildman–Crippen MR) is 45.7 cm³/mol. The number of hydrogen-bond acceptors (Lipinski definition) is 3. The Bertz CT molecular complexity index is 349. The van der Waals surface area contributed by atoms with Gasteiger partial charge >= 0.3 is 0 Å². The van der Waals surface area contributed by atoms with Gasteiger partial charge in [0.25, 0.3) is 0 Å². The molecule has 1 aromatic rings. The molecule has 0 saturated heterocycles. The van der Waals surface area contributed by atoms with Crippen molar-refractivity contribution >= 4 is 5.91 Å². The highest BCUT2D eigenvalue weighted by molar-refractivity contribution is 5.92. The summed E-state index contributed by atoms with van der Waals surface area (Å²) in [7, 11) is 0. The van der Waals surface area contributed by atoms with Crippen LogP contribution in [0.15, 0.2) is 24.3 Å². The minimum absolute atomic E-state index is 0.291. The summed E-state index contributed by atoms with van der Waals surface area (Å²) in [6, 6.07) is 6.09. The zero-order chi connectivity index (χ0) is 9.84. The molecule has 0 aliphatic heterocycles. The Balaban J connectivity index is 2.91. The molecule has 2 N–H and O–H groups in total. The van der Waals surface area contributed by atoms with Gasteiger partial charge in [0.05, 0.1) is 0 Å². The number of hydrogen-bond donors (Lipinski definition) is 1. The Morgan fingerprint density at radius 1 is 1.54 bits per heavy atom. The van der Waals surface area contributed by atoms with E-state index in [0.29, 0.717) is 11.1 Å². The molecule has 5 heteroatoms. The lowest BCUT2D eigenvalue weighted by atomic mass is 10.1. The molecule has 0 aliphatic rings. The first-order valence-electron chi connectivity index (χ1n) is 3.60. The molecule has 68 valence electrons. The van der Waals surface area contributed by atoms with Gasteiger partial charge in [-0.1, -0.05) is 12.1 Å². The number of rotatable bonds is 3. The SMILES string of the molecule is NC(=O)c1cccc(C[N+](=O)[O-])c1. The minimum atomic E-state index is -0.579. The summed E-state index contributed by atoms with van der Waals surface area (Å²) in [4.78, 5) is 20.4. The van der Waals surface area contributed by atoms with Crippen molar-refractivity contribution in [3.63, 3.8) is 0 Å². The molecule has 0 atom stereocenters. The van der Waals surface area contributed by atoms with E-state index in [0.717, 1.165) is 0 Å². The Morgan fingerprint density at radius 3 is 2.77 bits per heavy atom. The van der Waals surface area contributed by atoms with E-state index in [1.807, 2.05) is 0 Å². The molecule has 1 aromatic carbocycles. The summed E-state index contributed by atoms with van der Waals surface area (Å²) in [6.07, 6.45) is 0. The van der Waals surface area contributed by atoms with Gasteiger partial charge in [-0.2, -0.15) is 0 Å². The van der Waals surface area contributed by atoms with Crippen molar-refractivity contribution in [1.82, 2.24) is 0 Å². The molecule has 0 spiro atoms. The molecule has 0 heterocycles. The van der Waals surface area contributed by atoms with Gasteiger partial charge < -0.3 is 5.73 Å². The van der Waals surface area contributed by atoms with Gasteiger partial charge in [0.1, 0.15) is 0 Å². The van der Waals surface area contributed by atoms with E-state index in [9.17, 15) is 14.9 Å². The third-order valence-electron chi connectivity index (χ3n) is 1.52. The van der Waals surface area contributed by atoms with Gasteiger partial charge in [-0.3, -0.25) is 14.9 Å². The Kier molecular flexibility index (Phi) is 2.59. The zero-order valence-electron chi connectivity index (χ0n) is 6.77. The van der Waals surface area contributed by atoms with E-state index >= 15 is 0 Å². The Labute approximate surface area is 74.3 Å². The topological polar surface area (TPSA) is 86.2 Å². The van der Waals surface area contributed by atoms with Crippen LogP contribution in [0.1, 0.15) is 15.9 Å². The maximum absolute atomic E-state index is 10.7. The number of benzene rings is 1. The maximum atomic E-state index is 10.7. The molecule has 1 rings (SSSR count). The average Bonchev–Trinajstić information content (AvgIpc) is 2.03. The molecule has 0 unspecified atom stereocenters. The van der Waals surface area contributed by atoms with Crippen molar-refractivity contribution in [2.45, 2.75) is 6.54 Å². The summed E-state index contributed by atoms with van der Waals surface area (Å²) in [6.45, 7) is -0.291. The van der Waals surface area contributed by atoms with Gasteiger partial charge in [-0.15, -0.1) is 0 Å². The van der Waals surface area contributed by atoms with Crippen LogP contribution in [0.3, 0.4) is 0 Å². The molecular formula is C8H8N2O3. The Hall–Kier alpha value is -1.91. The highest BCUT2D eigenvalue weighted by Gasteiger charge is 2.04. The largest absolute Gasteiger partial charge is 0.366 e. The summed E-state index contributed by atoms with van der Waals surface area (Å²) in [5.74, 6) is -0.579. The van der Waals surface area contributed by atoms with Crippen LogP contribution in [0, 0.1) is 10.1 Å². The minimum Gasteiger partial charge on any atom is -0.366 e. The summed E-state index contributed by atoms with van der Waals surface area (Å²) < 4.78 is 0. The second-order valence-corrected chi connectivity index (χ2v) is 2.56. The van der Waals surface area contributed by atoms with Crippen molar-refractivity contribution in [2.24, 2.45) is 5.73 Å². The van der Waals surface area contributed by atoms with Crippen molar-refractivity contribution in [1.29, 1.82) is 0 Å². The molecule has 1 amide bonds. The van der Waals surface area contributed by atoms with Gasteiger partial charge in [0.15, 0.2) is 0 Å². The molecule has 13 heavy (non-hydrogen) atoms. The summed E-state index contributed by atoms with van der Waals surface area (Å²) in [5.41, 5.74) is 5.77. The molecule has 0 aromatic heterocycles. The first kappa shape index (κ1) is 9.18. The second-order valence-electron chi connectivity index (χ2n) is 2.56. The smallest absolute Gasteiger partial charge is 0.248 e. The molecule has 0 radical (unpaired) electrons. The van der Waals surface area contributed by atoms with Gasteiger partial charge in [0, 0.05) is 16.1 Å². The summed E-state index contributed by atoms with van der Waals surface area (Å²) >= 11 is 0. The molecule has 0 bridgehead atoms. The maximum Gasteiger partial charge on any atom is 0.248 e. The molecule has 0 aliphatic carbocycles. The number of nitro groups is 1. The lowest BCUT2D eigenvalue weighted by Gasteiger charge is -1.97. The van der Waals surface area contributed by atoms with E-state index in [1.165, 1.54) is 12.1 Å². The molecule has 5 nitrogen and oxygen atoms in total. The lowest BCUT2D eigenvalue weighted by Crippen LogP contribution is -2.11. The normalized spacial score (nSPS) is 9.54. The van der Waals surface area contributed by atoms with Crippen LogP contribution in [-0.4, -0.2) is 10.8 Å². The van der Waals surface area contributed by atoms with Crippen LogP contribution >= 0.6 is 0 Å². The molecule has 0 fully saturated rings. The number of carbonyl (C=O) groups excluding carboxylic acids is 1. The Morgan fingerprint density at radius 2 is 2.23 bits per heavy atom. The number of amides is 1. The standard InChI is InChI=1S/C8H8N2O3/c9-8(11)7-3-1-2-6(4-7)5-10(12)13/h1-4H,5H2,(H2,9,11). The van der Waals surface area contributed by atoms with Crippen LogP contribution in [0.4, 0.5) is 0 Å². The van der Waals surface area contributed by atoms with E-state index < -0.39 is 10.8 Å². The van der Waals surface area contributed by atoms with Gasteiger partial charge in [0.2, 0.25) is 12.5 Å². The van der Waals surface area contributed by atoms with Crippen molar-refractivity contribution in [3.8, 4) is 0 Å². The first-order chi connectivity index (χ1) is 6.09. The van der Waals surface area contributed by atoms with Gasteiger partial charge in [-0.25, -0.2) is 0 Å². The second kappa shape index (κ2) is 3.66. The molecular weight excluding hydrogens is 172 g/mol. The van der Waals surface area contributed by atoms with Crippen LogP contribution in [0.2, 0.25) is 0 Å². The molecule has 0 saturated carbocycles. The van der Waals surface area contributed by atoms with Crippen LogP contribution in [0.25, 0.3) is 0 Å². The predicted octanol–water partition coefficient (Wildman–Crippen LogP) is 0.562. The number of nitrogens with zero attached hydrogens (tertiary/aromatic N) is 1. The van der Waals surface area contributed by atoms with E-state index in [4.69, 9.17) is 5.73 Å². The number of carbonyl (C=O) groups is 1. The fraction of sp³-hybridized carbons (Fsp3) is 0.125. The highest BCUT2D eigenvalue weighted by atomic mass is 16.6. The fourth-order valence-electron chi connectivity index (χ4n) is 0.972. The fourth-order valence-corrected chi connectivity index (χ4v) is 0.972. The van der Waals surface area contributed by atoms with Crippen molar-refractivity contribution in [3.05, 3.63) is 45.5 Å². The summed E-state index contributed by atoms with van der Waals surface area (Å²) in [5, 5.41) is 10.1. The van der Waals surface area contributed by atoms with Crippen molar-refractivity contribution in [2.75, 3.05) is 0 Å². The van der Waals surface area contributed by atoms with Crippen LogP contribution in [-0.2, 0) is 6.54 Å². The third kappa shape index (κ3) is 2.55. The van der Waals surface area contributed by atoms with Gasteiger partial charge in [-0.05, 0) is 12.1 Å². The average molecular weight is 180 g/mol. The highest BCUT2D eigenvalue weighted by Crippen LogP contribution is 2.05.